The minimum atomic E-state index is -1.14. The van der Waals surface area contributed by atoms with Gasteiger partial charge in [0, 0.05) is 0 Å². The second-order valence-electron chi connectivity index (χ2n) is 6.42. The van der Waals surface area contributed by atoms with Crippen LogP contribution in [0.3, 0.4) is 0 Å². The Morgan fingerprint density at radius 2 is 1.42 bits per heavy atom. The van der Waals surface area contributed by atoms with E-state index in [2.05, 4.69) is 6.92 Å². The first kappa shape index (κ1) is 23.5. The van der Waals surface area contributed by atoms with Crippen LogP contribution in [0, 0.1) is 0 Å². The smallest absolute Gasteiger partial charge is 0.872 e. The fourth-order valence-electron chi connectivity index (χ4n) is 2.89. The van der Waals surface area contributed by atoms with Gasteiger partial charge in [0.05, 0.1) is 5.56 Å². The van der Waals surface area contributed by atoms with Gasteiger partial charge in [0.25, 0.3) is 0 Å². The molecular formula is C20H31NaO3. The molecule has 0 aliphatic rings. The van der Waals surface area contributed by atoms with Crippen molar-refractivity contribution in [3.05, 3.63) is 29.3 Å². The Labute approximate surface area is 169 Å². The number of carboxylic acid groups (broad SMARTS) is 1. The number of carbonyl (C=O) groups is 1. The molecule has 0 aromatic heterocycles. The molecule has 0 spiro atoms. The Morgan fingerprint density at radius 3 is 1.88 bits per heavy atom. The standard InChI is InChI=1S/C20H32O3.Na/c1-2-3-4-5-6-7-8-9-10-11-12-13-17-14-15-18(20(22)23)19(21)16-17;/h14-16,21H,2-13H2,1H3,(H,22,23);/q;+1/p-1. The van der Waals surface area contributed by atoms with Gasteiger partial charge in [-0.2, -0.15) is 0 Å². The monoisotopic (exact) mass is 342 g/mol. The number of benzene rings is 1. The molecule has 3 nitrogen and oxygen atoms in total. The molecule has 1 rings (SSSR count). The molecule has 4 heteroatoms. The maximum Gasteiger partial charge on any atom is 1.00 e. The molecule has 0 aliphatic heterocycles. The molecule has 24 heavy (non-hydrogen) atoms. The SMILES string of the molecule is CCCCCCCCCCCCCc1ccc(C(=O)O)c([O-])c1.[Na+]. The first-order chi connectivity index (χ1) is 11.1. The largest absolute Gasteiger partial charge is 1.00 e. The third-order valence-electron chi connectivity index (χ3n) is 4.35. The van der Waals surface area contributed by atoms with Crippen LogP contribution in [0.15, 0.2) is 18.2 Å². The molecule has 0 saturated heterocycles. The van der Waals surface area contributed by atoms with Crippen LogP contribution in [0.5, 0.6) is 5.75 Å². The van der Waals surface area contributed by atoms with Crippen molar-refractivity contribution in [3.63, 3.8) is 0 Å². The number of aryl methyl sites for hydroxylation is 1. The van der Waals surface area contributed by atoms with Crippen molar-refractivity contribution in [2.45, 2.75) is 84.0 Å². The zero-order valence-electron chi connectivity index (χ0n) is 15.5. The molecule has 1 aromatic rings. The summed E-state index contributed by atoms with van der Waals surface area (Å²) in [7, 11) is 0. The van der Waals surface area contributed by atoms with Crippen LogP contribution in [-0.4, -0.2) is 11.1 Å². The predicted octanol–water partition coefficient (Wildman–Crippen LogP) is 2.32. The van der Waals surface area contributed by atoms with Gasteiger partial charge in [0.15, 0.2) is 0 Å². The first-order valence-electron chi connectivity index (χ1n) is 9.18. The molecule has 0 saturated carbocycles. The summed E-state index contributed by atoms with van der Waals surface area (Å²) in [6, 6.07) is 4.67. The molecule has 0 amide bonds. The Morgan fingerprint density at radius 1 is 0.917 bits per heavy atom. The van der Waals surface area contributed by atoms with Crippen molar-refractivity contribution in [2.24, 2.45) is 0 Å². The van der Waals surface area contributed by atoms with Crippen LogP contribution >= 0.6 is 0 Å². The minimum absolute atomic E-state index is 0. The second-order valence-corrected chi connectivity index (χ2v) is 6.42. The molecule has 130 valence electrons. The average molecular weight is 342 g/mol. The Bertz CT molecular complexity index is 460. The third-order valence-corrected chi connectivity index (χ3v) is 4.35. The van der Waals surface area contributed by atoms with E-state index in [9.17, 15) is 9.90 Å². The van der Waals surface area contributed by atoms with Gasteiger partial charge in [-0.15, -0.1) is 0 Å². The van der Waals surface area contributed by atoms with E-state index >= 15 is 0 Å². The average Bonchev–Trinajstić information content (AvgIpc) is 2.52. The zero-order valence-corrected chi connectivity index (χ0v) is 17.5. The van der Waals surface area contributed by atoms with Crippen LogP contribution in [0.2, 0.25) is 0 Å². The summed E-state index contributed by atoms with van der Waals surface area (Å²) in [5.41, 5.74) is 0.823. The summed E-state index contributed by atoms with van der Waals surface area (Å²) < 4.78 is 0. The van der Waals surface area contributed by atoms with Crippen molar-refractivity contribution in [3.8, 4) is 5.75 Å². The van der Waals surface area contributed by atoms with Crippen molar-refractivity contribution < 1.29 is 44.6 Å². The maximum absolute atomic E-state index is 11.6. The van der Waals surface area contributed by atoms with E-state index in [1.54, 1.807) is 6.07 Å². The van der Waals surface area contributed by atoms with Crippen molar-refractivity contribution in [1.29, 1.82) is 0 Å². The number of rotatable bonds is 13. The molecular weight excluding hydrogens is 311 g/mol. The van der Waals surface area contributed by atoms with E-state index in [0.29, 0.717) is 0 Å². The van der Waals surface area contributed by atoms with Crippen molar-refractivity contribution >= 4 is 5.97 Å². The van der Waals surface area contributed by atoms with Gasteiger partial charge >= 0.3 is 35.5 Å². The van der Waals surface area contributed by atoms with Gasteiger partial charge in [-0.3, -0.25) is 0 Å². The topological polar surface area (TPSA) is 60.4 Å². The molecule has 0 bridgehead atoms. The van der Waals surface area contributed by atoms with E-state index < -0.39 is 5.97 Å². The van der Waals surface area contributed by atoms with E-state index in [4.69, 9.17) is 5.11 Å². The van der Waals surface area contributed by atoms with E-state index in [1.165, 1.54) is 76.3 Å². The summed E-state index contributed by atoms with van der Waals surface area (Å²) in [4.78, 5) is 10.8. The van der Waals surface area contributed by atoms with Gasteiger partial charge in [-0.1, -0.05) is 89.0 Å². The van der Waals surface area contributed by atoms with Crippen LogP contribution in [0.25, 0.3) is 0 Å². The Hall–Kier alpha value is -0.510. The Kier molecular flexibility index (Phi) is 14.5. The summed E-state index contributed by atoms with van der Waals surface area (Å²) in [5.74, 6) is -1.52. The molecule has 1 N–H and O–H groups in total. The van der Waals surface area contributed by atoms with Gasteiger partial charge < -0.3 is 10.2 Å². The van der Waals surface area contributed by atoms with Crippen molar-refractivity contribution in [1.82, 2.24) is 0 Å². The number of aromatic carboxylic acids is 1. The van der Waals surface area contributed by atoms with Crippen LogP contribution in [-0.2, 0) is 6.42 Å². The number of unbranched alkanes of at least 4 members (excludes halogenated alkanes) is 10. The summed E-state index contributed by atoms with van der Waals surface area (Å²) in [5, 5.41) is 20.4. The predicted molar refractivity (Wildman–Crippen MR) is 93.0 cm³/mol. The summed E-state index contributed by atoms with van der Waals surface area (Å²) in [6.45, 7) is 2.25. The normalized spacial score (nSPS) is 10.4. The molecule has 0 fully saturated rings. The minimum Gasteiger partial charge on any atom is -0.872 e. The van der Waals surface area contributed by atoms with E-state index in [-0.39, 0.29) is 40.9 Å². The van der Waals surface area contributed by atoms with Crippen LogP contribution in [0.1, 0.15) is 93.5 Å². The maximum atomic E-state index is 11.6. The molecule has 0 radical (unpaired) electrons. The molecule has 1 aromatic carbocycles. The number of carboxylic acids is 1. The molecule has 0 unspecified atom stereocenters. The van der Waals surface area contributed by atoms with Crippen molar-refractivity contribution in [2.75, 3.05) is 0 Å². The van der Waals surface area contributed by atoms with Gasteiger partial charge in [-0.25, -0.2) is 4.79 Å². The van der Waals surface area contributed by atoms with Crippen LogP contribution in [0.4, 0.5) is 0 Å². The molecule has 0 atom stereocenters. The second kappa shape index (κ2) is 14.8. The van der Waals surface area contributed by atoms with Gasteiger partial charge in [0.1, 0.15) is 0 Å². The Balaban J connectivity index is 0.00000529. The summed E-state index contributed by atoms with van der Waals surface area (Å²) in [6.07, 6.45) is 15.2. The fraction of sp³-hybridized carbons (Fsp3) is 0.650. The fourth-order valence-corrected chi connectivity index (χ4v) is 2.89. The third kappa shape index (κ3) is 10.4. The summed E-state index contributed by atoms with van der Waals surface area (Å²) >= 11 is 0. The molecule has 0 aliphatic carbocycles. The van der Waals surface area contributed by atoms with E-state index in [1.807, 2.05) is 0 Å². The van der Waals surface area contributed by atoms with Gasteiger partial charge in [0.2, 0.25) is 0 Å². The molecule has 0 heterocycles. The number of hydrogen-bond acceptors (Lipinski definition) is 2. The number of hydrogen-bond donors (Lipinski definition) is 1. The van der Waals surface area contributed by atoms with Crippen LogP contribution < -0.4 is 34.7 Å². The zero-order chi connectivity index (χ0) is 16.9. The van der Waals surface area contributed by atoms with Gasteiger partial charge in [-0.05, 0) is 24.5 Å². The van der Waals surface area contributed by atoms with E-state index in [0.717, 1.165) is 18.4 Å². The first-order valence-corrected chi connectivity index (χ1v) is 9.18. The quantitative estimate of drug-likeness (QED) is 0.442.